The highest BCUT2D eigenvalue weighted by atomic mass is 35.5. The van der Waals surface area contributed by atoms with Crippen LogP contribution in [-0.2, 0) is 0 Å². The zero-order chi connectivity index (χ0) is 17.6. The number of amidine groups is 1. The molecule has 4 heteroatoms. The van der Waals surface area contributed by atoms with Crippen LogP contribution in [0, 0.1) is 5.41 Å². The van der Waals surface area contributed by atoms with E-state index in [9.17, 15) is 0 Å². The third kappa shape index (κ3) is 4.86. The molecule has 0 radical (unpaired) electrons. The van der Waals surface area contributed by atoms with Crippen LogP contribution in [0.2, 0.25) is 5.02 Å². The third-order valence-corrected chi connectivity index (χ3v) is 4.85. The number of piperidine rings is 1. The van der Waals surface area contributed by atoms with Gasteiger partial charge in [0.2, 0.25) is 0 Å². The maximum absolute atomic E-state index is 8.02. The molecule has 0 aromatic heterocycles. The molecule has 0 amide bonds. The minimum atomic E-state index is 0.344. The second-order valence-corrected chi connectivity index (χ2v) is 6.95. The van der Waals surface area contributed by atoms with Gasteiger partial charge < -0.3 is 10.2 Å². The lowest BCUT2D eigenvalue weighted by atomic mass is 10.0. The SMILES string of the molecule is CC1CCCCN1c1ccc(/C=C/C(=N)Nc2ccc(Cl)cc2)cc1. The van der Waals surface area contributed by atoms with Gasteiger partial charge in [0.25, 0.3) is 0 Å². The van der Waals surface area contributed by atoms with Gasteiger partial charge in [-0.1, -0.05) is 29.8 Å². The number of hydrogen-bond donors (Lipinski definition) is 2. The van der Waals surface area contributed by atoms with Gasteiger partial charge in [0.05, 0.1) is 0 Å². The van der Waals surface area contributed by atoms with Crippen LogP contribution in [0.25, 0.3) is 6.08 Å². The van der Waals surface area contributed by atoms with Crippen LogP contribution in [0.4, 0.5) is 11.4 Å². The van der Waals surface area contributed by atoms with Crippen LogP contribution in [0.15, 0.2) is 54.6 Å². The van der Waals surface area contributed by atoms with E-state index in [1.165, 1.54) is 24.9 Å². The molecule has 1 saturated heterocycles. The van der Waals surface area contributed by atoms with Gasteiger partial charge in [-0.25, -0.2) is 0 Å². The first-order valence-electron chi connectivity index (χ1n) is 8.78. The molecular formula is C21H24ClN3. The van der Waals surface area contributed by atoms with Gasteiger partial charge in [0, 0.05) is 29.0 Å². The van der Waals surface area contributed by atoms with Gasteiger partial charge in [-0.3, -0.25) is 5.41 Å². The lowest BCUT2D eigenvalue weighted by molar-refractivity contribution is 0.485. The molecular weight excluding hydrogens is 330 g/mol. The molecule has 1 aliphatic rings. The van der Waals surface area contributed by atoms with E-state index in [0.29, 0.717) is 16.9 Å². The molecule has 0 spiro atoms. The summed E-state index contributed by atoms with van der Waals surface area (Å²) in [6, 6.07) is 16.5. The first-order valence-corrected chi connectivity index (χ1v) is 9.15. The van der Waals surface area contributed by atoms with Crippen molar-refractivity contribution < 1.29 is 0 Å². The van der Waals surface area contributed by atoms with E-state index in [1.54, 1.807) is 18.2 Å². The molecule has 1 fully saturated rings. The molecule has 1 aliphatic heterocycles. The quantitative estimate of drug-likeness (QED) is 0.536. The van der Waals surface area contributed by atoms with E-state index < -0.39 is 0 Å². The summed E-state index contributed by atoms with van der Waals surface area (Å²) in [4.78, 5) is 2.49. The number of anilines is 2. The summed E-state index contributed by atoms with van der Waals surface area (Å²) in [5, 5.41) is 11.7. The van der Waals surface area contributed by atoms with Crippen LogP contribution >= 0.6 is 11.6 Å². The van der Waals surface area contributed by atoms with E-state index >= 15 is 0 Å². The average molecular weight is 354 g/mol. The van der Waals surface area contributed by atoms with E-state index in [1.807, 2.05) is 18.2 Å². The predicted octanol–water partition coefficient (Wildman–Crippen LogP) is 5.82. The van der Waals surface area contributed by atoms with Crippen molar-refractivity contribution in [2.24, 2.45) is 0 Å². The largest absolute Gasteiger partial charge is 0.369 e. The molecule has 1 unspecified atom stereocenters. The fourth-order valence-corrected chi connectivity index (χ4v) is 3.29. The number of hydrogen-bond acceptors (Lipinski definition) is 2. The molecule has 3 nitrogen and oxygen atoms in total. The minimum Gasteiger partial charge on any atom is -0.369 e. The maximum Gasteiger partial charge on any atom is 0.122 e. The summed E-state index contributed by atoms with van der Waals surface area (Å²) in [6.07, 6.45) is 7.61. The van der Waals surface area contributed by atoms with Crippen molar-refractivity contribution in [2.45, 2.75) is 32.2 Å². The van der Waals surface area contributed by atoms with E-state index in [-0.39, 0.29) is 0 Å². The average Bonchev–Trinajstić information content (AvgIpc) is 2.63. The Morgan fingerprint density at radius 1 is 1.12 bits per heavy atom. The predicted molar refractivity (Wildman–Crippen MR) is 109 cm³/mol. The second-order valence-electron chi connectivity index (χ2n) is 6.51. The van der Waals surface area contributed by atoms with E-state index in [2.05, 4.69) is 41.4 Å². The summed E-state index contributed by atoms with van der Waals surface area (Å²) in [5.74, 6) is 0.344. The maximum atomic E-state index is 8.02. The van der Waals surface area contributed by atoms with Crippen molar-refractivity contribution in [1.29, 1.82) is 5.41 Å². The van der Waals surface area contributed by atoms with Crippen molar-refractivity contribution in [3.05, 3.63) is 65.2 Å². The van der Waals surface area contributed by atoms with Crippen molar-refractivity contribution in [2.75, 3.05) is 16.8 Å². The molecule has 0 saturated carbocycles. The van der Waals surface area contributed by atoms with E-state index in [4.69, 9.17) is 17.0 Å². The van der Waals surface area contributed by atoms with Crippen LogP contribution in [-0.4, -0.2) is 18.4 Å². The van der Waals surface area contributed by atoms with E-state index in [0.717, 1.165) is 17.8 Å². The Hall–Kier alpha value is -2.26. The lowest BCUT2D eigenvalue weighted by Crippen LogP contribution is -2.37. The number of nitrogens with zero attached hydrogens (tertiary/aromatic N) is 1. The first-order chi connectivity index (χ1) is 12.1. The fourth-order valence-electron chi connectivity index (χ4n) is 3.17. The summed E-state index contributed by atoms with van der Waals surface area (Å²) in [6.45, 7) is 3.45. The molecule has 1 atom stereocenters. The fraction of sp³-hybridized carbons (Fsp3) is 0.286. The highest BCUT2D eigenvalue weighted by Gasteiger charge is 2.17. The Labute approximate surface area is 154 Å². The molecule has 2 aromatic rings. The molecule has 25 heavy (non-hydrogen) atoms. The van der Waals surface area contributed by atoms with Crippen LogP contribution in [0.1, 0.15) is 31.7 Å². The lowest BCUT2D eigenvalue weighted by Gasteiger charge is -2.35. The highest BCUT2D eigenvalue weighted by Crippen LogP contribution is 2.25. The molecule has 1 heterocycles. The Bertz CT molecular complexity index is 735. The van der Waals surface area contributed by atoms with Crippen LogP contribution < -0.4 is 10.2 Å². The van der Waals surface area contributed by atoms with Gasteiger partial charge in [0.15, 0.2) is 0 Å². The van der Waals surface area contributed by atoms with Crippen molar-refractivity contribution >= 4 is 34.9 Å². The molecule has 130 valence electrons. The van der Waals surface area contributed by atoms with Gasteiger partial charge in [-0.2, -0.15) is 0 Å². The van der Waals surface area contributed by atoms with Crippen molar-refractivity contribution in [1.82, 2.24) is 0 Å². The third-order valence-electron chi connectivity index (χ3n) is 4.59. The molecule has 3 rings (SSSR count). The number of halogens is 1. The first kappa shape index (κ1) is 17.6. The summed E-state index contributed by atoms with van der Waals surface area (Å²) in [7, 11) is 0. The number of nitrogens with one attached hydrogen (secondary N) is 2. The summed E-state index contributed by atoms with van der Waals surface area (Å²) in [5.41, 5.74) is 3.24. The number of rotatable bonds is 4. The van der Waals surface area contributed by atoms with Crippen molar-refractivity contribution in [3.63, 3.8) is 0 Å². The number of benzene rings is 2. The second kappa shape index (κ2) is 8.21. The van der Waals surface area contributed by atoms with Gasteiger partial charge >= 0.3 is 0 Å². The smallest absolute Gasteiger partial charge is 0.122 e. The zero-order valence-corrected chi connectivity index (χ0v) is 15.3. The molecule has 0 bridgehead atoms. The molecule has 0 aliphatic carbocycles. The summed E-state index contributed by atoms with van der Waals surface area (Å²) < 4.78 is 0. The monoisotopic (exact) mass is 353 g/mol. The minimum absolute atomic E-state index is 0.344. The molecule has 2 aromatic carbocycles. The van der Waals surface area contributed by atoms with Crippen LogP contribution in [0.5, 0.6) is 0 Å². The summed E-state index contributed by atoms with van der Waals surface area (Å²) >= 11 is 5.87. The normalized spacial score (nSPS) is 17.7. The Morgan fingerprint density at radius 2 is 1.84 bits per heavy atom. The van der Waals surface area contributed by atoms with Gasteiger partial charge in [-0.05, 0) is 74.2 Å². The zero-order valence-electron chi connectivity index (χ0n) is 14.5. The Kier molecular flexibility index (Phi) is 5.77. The topological polar surface area (TPSA) is 39.1 Å². The van der Waals surface area contributed by atoms with Crippen LogP contribution in [0.3, 0.4) is 0 Å². The molecule has 2 N–H and O–H groups in total. The van der Waals surface area contributed by atoms with Crippen molar-refractivity contribution in [3.8, 4) is 0 Å². The highest BCUT2D eigenvalue weighted by molar-refractivity contribution is 6.30. The van der Waals surface area contributed by atoms with Gasteiger partial charge in [-0.15, -0.1) is 0 Å². The Morgan fingerprint density at radius 3 is 2.52 bits per heavy atom. The van der Waals surface area contributed by atoms with Gasteiger partial charge in [0.1, 0.15) is 5.84 Å². The Balaban J connectivity index is 1.59. The standard InChI is InChI=1S/C21H24ClN3/c1-16-4-2-3-15-25(16)20-12-5-17(6-13-20)7-14-21(23)24-19-10-8-18(22)9-11-19/h5-14,16H,2-4,15H2,1H3,(H2,23,24)/b14-7+.